The number of benzene rings is 2. The summed E-state index contributed by atoms with van der Waals surface area (Å²) in [5.74, 6) is -1.76. The zero-order valence-electron chi connectivity index (χ0n) is 13.0. The predicted octanol–water partition coefficient (Wildman–Crippen LogP) is 3.37. The van der Waals surface area contributed by atoms with E-state index in [0.29, 0.717) is 18.6 Å². The third-order valence-electron chi connectivity index (χ3n) is 3.70. The molecule has 3 nitrogen and oxygen atoms in total. The minimum absolute atomic E-state index is 0.0179. The molecule has 2 aromatic rings. The van der Waals surface area contributed by atoms with E-state index in [2.05, 4.69) is 5.32 Å². The quantitative estimate of drug-likeness (QED) is 0.783. The molecule has 1 unspecified atom stereocenters. The standard InChI is InChI=1S/C18H21F2NO2/c1-23-12-18(14-7-8-15(19)16(20)11-14)21-17(9-10-22)13-5-3-2-4-6-13/h2-8,11,17-18,21-22H,9-10,12H2,1H3/t17-,18?/m1/s1. The van der Waals surface area contributed by atoms with Crippen LogP contribution in [0.3, 0.4) is 0 Å². The largest absolute Gasteiger partial charge is 0.396 e. The van der Waals surface area contributed by atoms with Gasteiger partial charge in [-0.25, -0.2) is 8.78 Å². The lowest BCUT2D eigenvalue weighted by atomic mass is 10.0. The average molecular weight is 321 g/mol. The normalized spacial score (nSPS) is 13.7. The van der Waals surface area contributed by atoms with Crippen LogP contribution in [-0.4, -0.2) is 25.4 Å². The monoisotopic (exact) mass is 321 g/mol. The first-order valence-corrected chi connectivity index (χ1v) is 7.51. The molecule has 2 rings (SSSR count). The number of ether oxygens (including phenoxy) is 1. The van der Waals surface area contributed by atoms with E-state index in [1.807, 2.05) is 30.3 Å². The maximum atomic E-state index is 13.5. The molecule has 0 aromatic heterocycles. The molecule has 0 heterocycles. The molecule has 0 spiro atoms. The summed E-state index contributed by atoms with van der Waals surface area (Å²) in [5, 5.41) is 12.7. The highest BCUT2D eigenvalue weighted by Gasteiger charge is 2.19. The second-order valence-corrected chi connectivity index (χ2v) is 5.32. The number of aliphatic hydroxyl groups is 1. The lowest BCUT2D eigenvalue weighted by Gasteiger charge is -2.26. The summed E-state index contributed by atoms with van der Waals surface area (Å²) < 4.78 is 31.8. The molecule has 23 heavy (non-hydrogen) atoms. The molecular weight excluding hydrogens is 300 g/mol. The van der Waals surface area contributed by atoms with Crippen LogP contribution in [0.2, 0.25) is 0 Å². The molecule has 2 atom stereocenters. The molecule has 0 aliphatic carbocycles. The van der Waals surface area contributed by atoms with Gasteiger partial charge in [-0.1, -0.05) is 36.4 Å². The molecule has 0 saturated heterocycles. The van der Waals surface area contributed by atoms with E-state index in [9.17, 15) is 13.9 Å². The molecule has 5 heteroatoms. The van der Waals surface area contributed by atoms with Gasteiger partial charge >= 0.3 is 0 Å². The number of methoxy groups -OCH3 is 1. The van der Waals surface area contributed by atoms with Gasteiger partial charge in [0.15, 0.2) is 11.6 Å². The summed E-state index contributed by atoms with van der Waals surface area (Å²) in [5.41, 5.74) is 1.62. The first kappa shape index (κ1) is 17.5. The van der Waals surface area contributed by atoms with Crippen LogP contribution in [0.15, 0.2) is 48.5 Å². The SMILES string of the molecule is COCC(N[C@H](CCO)c1ccccc1)c1ccc(F)c(F)c1. The zero-order valence-corrected chi connectivity index (χ0v) is 13.0. The molecule has 0 amide bonds. The van der Waals surface area contributed by atoms with E-state index in [4.69, 9.17) is 4.74 Å². The lowest BCUT2D eigenvalue weighted by Crippen LogP contribution is -2.30. The Morgan fingerprint density at radius 2 is 1.74 bits per heavy atom. The van der Waals surface area contributed by atoms with E-state index in [1.165, 1.54) is 12.1 Å². The number of rotatable bonds is 8. The summed E-state index contributed by atoms with van der Waals surface area (Å²) in [7, 11) is 1.55. The van der Waals surface area contributed by atoms with Crippen molar-refractivity contribution in [3.05, 3.63) is 71.3 Å². The van der Waals surface area contributed by atoms with Crippen molar-refractivity contribution in [3.63, 3.8) is 0 Å². The summed E-state index contributed by atoms with van der Waals surface area (Å²) in [6.07, 6.45) is 0.508. The van der Waals surface area contributed by atoms with E-state index in [0.717, 1.165) is 11.6 Å². The van der Waals surface area contributed by atoms with Crippen LogP contribution in [0.5, 0.6) is 0 Å². The van der Waals surface area contributed by atoms with E-state index >= 15 is 0 Å². The van der Waals surface area contributed by atoms with E-state index in [-0.39, 0.29) is 18.7 Å². The van der Waals surface area contributed by atoms with Gasteiger partial charge in [0.05, 0.1) is 12.6 Å². The summed E-state index contributed by atoms with van der Waals surface area (Å²) in [6.45, 7) is 0.323. The summed E-state index contributed by atoms with van der Waals surface area (Å²) >= 11 is 0. The molecule has 0 saturated carbocycles. The van der Waals surface area contributed by atoms with Crippen LogP contribution in [0.4, 0.5) is 8.78 Å². The average Bonchev–Trinajstić information content (AvgIpc) is 2.57. The van der Waals surface area contributed by atoms with Crippen molar-refractivity contribution in [2.75, 3.05) is 20.3 Å². The van der Waals surface area contributed by atoms with Crippen LogP contribution in [0.1, 0.15) is 29.6 Å². The highest BCUT2D eigenvalue weighted by atomic mass is 19.2. The van der Waals surface area contributed by atoms with Crippen LogP contribution in [-0.2, 0) is 4.74 Å². The van der Waals surface area contributed by atoms with E-state index in [1.54, 1.807) is 7.11 Å². The minimum atomic E-state index is -0.885. The summed E-state index contributed by atoms with van der Waals surface area (Å²) in [4.78, 5) is 0. The second-order valence-electron chi connectivity index (χ2n) is 5.32. The van der Waals surface area contributed by atoms with E-state index < -0.39 is 11.6 Å². The van der Waals surface area contributed by atoms with Crippen LogP contribution in [0.25, 0.3) is 0 Å². The van der Waals surface area contributed by atoms with Gasteiger partial charge in [-0.05, 0) is 29.7 Å². The topological polar surface area (TPSA) is 41.5 Å². The fourth-order valence-corrected chi connectivity index (χ4v) is 2.54. The highest BCUT2D eigenvalue weighted by Crippen LogP contribution is 2.23. The van der Waals surface area contributed by atoms with Gasteiger partial charge in [-0.2, -0.15) is 0 Å². The molecule has 2 aromatic carbocycles. The smallest absolute Gasteiger partial charge is 0.159 e. The van der Waals surface area contributed by atoms with Gasteiger partial charge < -0.3 is 15.2 Å². The molecular formula is C18H21F2NO2. The van der Waals surface area contributed by atoms with Crippen molar-refractivity contribution in [2.24, 2.45) is 0 Å². The van der Waals surface area contributed by atoms with Crippen LogP contribution < -0.4 is 5.32 Å². The van der Waals surface area contributed by atoms with Gasteiger partial charge in [0.2, 0.25) is 0 Å². The van der Waals surface area contributed by atoms with Crippen molar-refractivity contribution in [1.29, 1.82) is 0 Å². The van der Waals surface area contributed by atoms with Crippen molar-refractivity contribution in [2.45, 2.75) is 18.5 Å². The molecule has 0 fully saturated rings. The first-order valence-electron chi connectivity index (χ1n) is 7.51. The maximum absolute atomic E-state index is 13.5. The highest BCUT2D eigenvalue weighted by molar-refractivity contribution is 5.24. The third kappa shape index (κ3) is 4.82. The van der Waals surface area contributed by atoms with Crippen molar-refractivity contribution in [3.8, 4) is 0 Å². The Balaban J connectivity index is 2.23. The number of aliphatic hydroxyl groups excluding tert-OH is 1. The fourth-order valence-electron chi connectivity index (χ4n) is 2.54. The number of nitrogens with one attached hydrogen (secondary N) is 1. The number of hydrogen-bond donors (Lipinski definition) is 2. The van der Waals surface area contributed by atoms with Gasteiger partial charge in [0.1, 0.15) is 0 Å². The van der Waals surface area contributed by atoms with Gasteiger partial charge in [-0.15, -0.1) is 0 Å². The Bertz CT molecular complexity index is 607. The van der Waals surface area contributed by atoms with Gasteiger partial charge in [0.25, 0.3) is 0 Å². The summed E-state index contributed by atoms with van der Waals surface area (Å²) in [6, 6.07) is 13.1. The Labute approximate surface area is 134 Å². The van der Waals surface area contributed by atoms with Crippen LogP contribution in [0, 0.1) is 11.6 Å². The van der Waals surface area contributed by atoms with Gasteiger partial charge in [-0.3, -0.25) is 0 Å². The molecule has 0 bridgehead atoms. The Hall–Kier alpha value is -1.82. The van der Waals surface area contributed by atoms with Crippen molar-refractivity contribution in [1.82, 2.24) is 5.32 Å². The number of hydrogen-bond acceptors (Lipinski definition) is 3. The minimum Gasteiger partial charge on any atom is -0.396 e. The molecule has 2 N–H and O–H groups in total. The Morgan fingerprint density at radius 3 is 2.35 bits per heavy atom. The first-order chi connectivity index (χ1) is 11.2. The van der Waals surface area contributed by atoms with Crippen molar-refractivity contribution >= 4 is 0 Å². The Kier molecular flexibility index (Phi) is 6.65. The maximum Gasteiger partial charge on any atom is 0.159 e. The molecule has 0 aliphatic rings. The fraction of sp³-hybridized carbons (Fsp3) is 0.333. The van der Waals surface area contributed by atoms with Crippen LogP contribution >= 0.6 is 0 Å². The Morgan fingerprint density at radius 1 is 1.00 bits per heavy atom. The molecule has 124 valence electrons. The number of halogens is 2. The second kappa shape index (κ2) is 8.72. The van der Waals surface area contributed by atoms with Gasteiger partial charge in [0, 0.05) is 19.8 Å². The molecule has 0 aliphatic heterocycles. The van der Waals surface area contributed by atoms with Crippen molar-refractivity contribution < 1.29 is 18.6 Å². The predicted molar refractivity (Wildman–Crippen MR) is 85.0 cm³/mol. The lowest BCUT2D eigenvalue weighted by molar-refractivity contribution is 0.156. The zero-order chi connectivity index (χ0) is 16.7. The third-order valence-corrected chi connectivity index (χ3v) is 3.70. The molecule has 0 radical (unpaired) electrons.